The summed E-state index contributed by atoms with van der Waals surface area (Å²) in [6, 6.07) is 21.9. The summed E-state index contributed by atoms with van der Waals surface area (Å²) < 4.78 is 13.6. The van der Waals surface area contributed by atoms with Crippen LogP contribution in [0, 0.1) is 11.2 Å². The summed E-state index contributed by atoms with van der Waals surface area (Å²) in [6.45, 7) is 19.4. The maximum Gasteiger partial charge on any atom is 0.149 e. The molecule has 2 aromatic heterocycles. The van der Waals surface area contributed by atoms with Crippen molar-refractivity contribution < 1.29 is 4.39 Å². The van der Waals surface area contributed by atoms with Gasteiger partial charge in [0.1, 0.15) is 23.3 Å². The van der Waals surface area contributed by atoms with E-state index in [2.05, 4.69) is 90.5 Å². The number of amidine groups is 1. The fourth-order valence-corrected chi connectivity index (χ4v) is 4.51. The van der Waals surface area contributed by atoms with Crippen LogP contribution in [-0.2, 0) is 16.2 Å². The predicted molar refractivity (Wildman–Crippen MR) is 186 cm³/mol. The molecule has 5 rings (SSSR count). The second-order valence-electron chi connectivity index (χ2n) is 14.1. The van der Waals surface area contributed by atoms with E-state index in [1.807, 2.05) is 48.5 Å². The van der Waals surface area contributed by atoms with Crippen LogP contribution >= 0.6 is 0 Å². The van der Waals surface area contributed by atoms with E-state index in [4.69, 9.17) is 22.6 Å². The first-order valence-electron chi connectivity index (χ1n) is 14.7. The maximum atomic E-state index is 13.6. The van der Waals surface area contributed by atoms with Crippen molar-refractivity contribution in [1.29, 1.82) is 5.41 Å². The summed E-state index contributed by atoms with van der Waals surface area (Å²) in [5.41, 5.74) is 21.7. The van der Waals surface area contributed by atoms with E-state index in [9.17, 15) is 4.39 Å². The van der Waals surface area contributed by atoms with Crippen molar-refractivity contribution in [3.63, 3.8) is 0 Å². The lowest BCUT2D eigenvalue weighted by Gasteiger charge is -2.19. The molecular formula is C37H47FN6. The van der Waals surface area contributed by atoms with Gasteiger partial charge in [0.15, 0.2) is 0 Å². The highest BCUT2D eigenvalue weighted by molar-refractivity contribution is 5.95. The van der Waals surface area contributed by atoms with Crippen molar-refractivity contribution in [3.05, 3.63) is 107 Å². The highest BCUT2D eigenvalue weighted by Gasteiger charge is 2.16. The van der Waals surface area contributed by atoms with Gasteiger partial charge in [0.25, 0.3) is 0 Å². The standard InChI is InChI=1S/C13H15FN2.C13H16N2.C11H16N2/c1-13(2,3)8-4-5-9-10(6-8)11(14)7-16-12(9)15;1-13(2,3)10-4-5-11-9(8-10)6-7-15-12(11)14;1-11(2,3)9-6-4-8(5-7-9)10(12)13/h4-7H,1-3H3,(H2,15,16);4-8H,1-3H3,(H2,14,15);4-7H,1-3H3,(H3,12,13). The van der Waals surface area contributed by atoms with Crippen molar-refractivity contribution in [3.8, 4) is 0 Å². The van der Waals surface area contributed by atoms with Gasteiger partial charge in [-0.05, 0) is 50.5 Å². The third-order valence-electron chi connectivity index (χ3n) is 7.46. The smallest absolute Gasteiger partial charge is 0.149 e. The van der Waals surface area contributed by atoms with Crippen molar-refractivity contribution in [2.45, 2.75) is 78.6 Å². The Morgan fingerprint density at radius 3 is 1.61 bits per heavy atom. The molecule has 0 atom stereocenters. The zero-order chi connectivity index (χ0) is 33.0. The zero-order valence-electron chi connectivity index (χ0n) is 27.5. The number of nitrogens with two attached hydrogens (primary N) is 3. The highest BCUT2D eigenvalue weighted by Crippen LogP contribution is 2.29. The number of halogens is 1. The van der Waals surface area contributed by atoms with Gasteiger partial charge in [0, 0.05) is 27.9 Å². The summed E-state index contributed by atoms with van der Waals surface area (Å²) in [5.74, 6) is 0.778. The molecular weight excluding hydrogens is 547 g/mol. The monoisotopic (exact) mass is 594 g/mol. The van der Waals surface area contributed by atoms with Crippen LogP contribution < -0.4 is 17.2 Å². The van der Waals surface area contributed by atoms with Gasteiger partial charge >= 0.3 is 0 Å². The van der Waals surface area contributed by atoms with E-state index in [0.717, 1.165) is 21.9 Å². The first kappa shape index (κ1) is 34.0. The topological polar surface area (TPSA) is 128 Å². The average molecular weight is 595 g/mol. The van der Waals surface area contributed by atoms with Crippen molar-refractivity contribution >= 4 is 39.0 Å². The van der Waals surface area contributed by atoms with Gasteiger partial charge in [-0.1, -0.05) is 117 Å². The second-order valence-corrected chi connectivity index (χ2v) is 14.1. The van der Waals surface area contributed by atoms with Crippen LogP contribution in [-0.4, -0.2) is 15.8 Å². The average Bonchev–Trinajstić information content (AvgIpc) is 2.94. The third kappa shape index (κ3) is 8.53. The number of aromatic nitrogens is 2. The first-order chi connectivity index (χ1) is 20.3. The number of hydrogen-bond donors (Lipinski definition) is 4. The van der Waals surface area contributed by atoms with Crippen LogP contribution in [0.25, 0.3) is 21.5 Å². The Bertz CT molecular complexity index is 1750. The number of fused-ring (bicyclic) bond motifs is 2. The van der Waals surface area contributed by atoms with Crippen LogP contribution in [0.5, 0.6) is 0 Å². The molecule has 0 amide bonds. The molecule has 0 radical (unpaired) electrons. The Morgan fingerprint density at radius 2 is 1.09 bits per heavy atom. The van der Waals surface area contributed by atoms with Crippen LogP contribution in [0.3, 0.4) is 0 Å². The van der Waals surface area contributed by atoms with E-state index in [-0.39, 0.29) is 27.9 Å². The largest absolute Gasteiger partial charge is 0.384 e. The number of anilines is 2. The molecule has 0 saturated heterocycles. The van der Waals surface area contributed by atoms with Gasteiger partial charge < -0.3 is 17.2 Å². The molecule has 0 unspecified atom stereocenters. The molecule has 0 aliphatic heterocycles. The van der Waals surface area contributed by atoms with Crippen LogP contribution in [0.2, 0.25) is 0 Å². The molecule has 0 bridgehead atoms. The number of rotatable bonds is 1. The van der Waals surface area contributed by atoms with Crippen LogP contribution in [0.4, 0.5) is 16.0 Å². The molecule has 0 spiro atoms. The molecule has 7 heteroatoms. The van der Waals surface area contributed by atoms with E-state index in [1.165, 1.54) is 17.3 Å². The Kier molecular flexibility index (Phi) is 10.0. The summed E-state index contributed by atoms with van der Waals surface area (Å²) in [4.78, 5) is 7.88. The normalized spacial score (nSPS) is 11.8. The van der Waals surface area contributed by atoms with Crippen LogP contribution in [0.15, 0.2) is 79.1 Å². The fourth-order valence-electron chi connectivity index (χ4n) is 4.51. The molecule has 0 aliphatic rings. The Morgan fingerprint density at radius 1 is 0.614 bits per heavy atom. The minimum Gasteiger partial charge on any atom is -0.384 e. The molecule has 7 N–H and O–H groups in total. The van der Waals surface area contributed by atoms with Crippen molar-refractivity contribution in [2.75, 3.05) is 11.5 Å². The molecule has 2 heterocycles. The molecule has 5 aromatic rings. The predicted octanol–water partition coefficient (Wildman–Crippen LogP) is 8.64. The van der Waals surface area contributed by atoms with Gasteiger partial charge in [-0.15, -0.1) is 0 Å². The number of nitrogens with one attached hydrogen (secondary N) is 1. The van der Waals surface area contributed by atoms with Gasteiger partial charge in [-0.3, -0.25) is 5.41 Å². The summed E-state index contributed by atoms with van der Waals surface area (Å²) in [7, 11) is 0. The first-order valence-corrected chi connectivity index (χ1v) is 14.7. The van der Waals surface area contributed by atoms with E-state index in [0.29, 0.717) is 22.4 Å². The molecule has 3 aromatic carbocycles. The Labute approximate surface area is 261 Å². The Hall–Kier alpha value is -4.52. The third-order valence-corrected chi connectivity index (χ3v) is 7.46. The summed E-state index contributed by atoms with van der Waals surface area (Å²) >= 11 is 0. The molecule has 0 fully saturated rings. The minimum atomic E-state index is -0.324. The number of nitrogens with zero attached hydrogens (tertiary/aromatic N) is 2. The molecule has 0 saturated carbocycles. The van der Waals surface area contributed by atoms with Crippen molar-refractivity contribution in [2.24, 2.45) is 5.73 Å². The van der Waals surface area contributed by atoms with E-state index in [1.54, 1.807) is 6.20 Å². The van der Waals surface area contributed by atoms with Crippen molar-refractivity contribution in [1.82, 2.24) is 9.97 Å². The lowest BCUT2D eigenvalue weighted by molar-refractivity contribution is 0.589. The fraction of sp³-hybridized carbons (Fsp3) is 0.324. The van der Waals surface area contributed by atoms with Gasteiger partial charge in [-0.25, -0.2) is 14.4 Å². The molecule has 232 valence electrons. The second kappa shape index (κ2) is 13.0. The summed E-state index contributed by atoms with van der Waals surface area (Å²) in [6.07, 6.45) is 2.92. The lowest BCUT2D eigenvalue weighted by atomic mass is 9.86. The van der Waals surface area contributed by atoms with E-state index < -0.39 is 0 Å². The number of hydrogen-bond acceptors (Lipinski definition) is 5. The minimum absolute atomic E-state index is 0.00133. The number of nitrogen functional groups attached to an aromatic ring is 3. The Balaban J connectivity index is 0.000000181. The van der Waals surface area contributed by atoms with Gasteiger partial charge in [0.05, 0.1) is 6.20 Å². The lowest BCUT2D eigenvalue weighted by Crippen LogP contribution is -2.13. The summed E-state index contributed by atoms with van der Waals surface area (Å²) in [5, 5.41) is 10.7. The highest BCUT2D eigenvalue weighted by atomic mass is 19.1. The quantitative estimate of drug-likeness (QED) is 0.114. The van der Waals surface area contributed by atoms with E-state index >= 15 is 0 Å². The van der Waals surface area contributed by atoms with Gasteiger partial charge in [0.2, 0.25) is 0 Å². The zero-order valence-corrected chi connectivity index (χ0v) is 27.5. The van der Waals surface area contributed by atoms with Crippen LogP contribution in [0.1, 0.15) is 84.6 Å². The SMILES string of the molecule is CC(C)(C)c1ccc(C(=N)N)cc1.CC(C)(C)c1ccc2c(N)ncc(F)c2c1.CC(C)(C)c1ccc2c(N)nccc2c1. The number of benzene rings is 3. The maximum absolute atomic E-state index is 13.6. The molecule has 44 heavy (non-hydrogen) atoms. The molecule has 0 aliphatic carbocycles. The number of pyridine rings is 2. The van der Waals surface area contributed by atoms with Gasteiger partial charge in [-0.2, -0.15) is 0 Å². The molecule has 6 nitrogen and oxygen atoms in total.